The Morgan fingerprint density at radius 3 is 2.46 bits per heavy atom. The molecule has 3 amide bonds. The number of benzene rings is 2. The number of Topliss-reactive ketones (excluding diaryl/α,β-unsaturated/α-hetero) is 1. The molecule has 0 radical (unpaired) electrons. The molecule has 2 aromatic heterocycles. The van der Waals surface area contributed by atoms with Gasteiger partial charge < -0.3 is 30.1 Å². The highest BCUT2D eigenvalue weighted by atomic mass is 32.1. The van der Waals surface area contributed by atoms with Crippen LogP contribution in [-0.2, 0) is 41.5 Å². The lowest BCUT2D eigenvalue weighted by Gasteiger charge is -2.35. The van der Waals surface area contributed by atoms with Gasteiger partial charge in [-0.05, 0) is 71.6 Å². The first-order valence-electron chi connectivity index (χ1n) is 20.6. The van der Waals surface area contributed by atoms with Gasteiger partial charge in [0.15, 0.2) is 0 Å². The summed E-state index contributed by atoms with van der Waals surface area (Å²) in [4.78, 5) is 64.3. The molecule has 1 aliphatic heterocycles. The van der Waals surface area contributed by atoms with Gasteiger partial charge in [-0.2, -0.15) is 0 Å². The molecule has 0 bridgehead atoms. The summed E-state index contributed by atoms with van der Waals surface area (Å²) in [6.45, 7) is 11.2. The monoisotopic (exact) mass is 823 g/mol. The van der Waals surface area contributed by atoms with E-state index in [4.69, 9.17) is 9.47 Å². The van der Waals surface area contributed by atoms with E-state index >= 15 is 0 Å². The van der Waals surface area contributed by atoms with Crippen LogP contribution in [-0.4, -0.2) is 95.1 Å². The highest BCUT2D eigenvalue weighted by Gasteiger charge is 2.44. The van der Waals surface area contributed by atoms with Crippen molar-refractivity contribution < 1.29 is 33.8 Å². The molecule has 4 aromatic rings. The number of amides is 3. The average molecular weight is 824 g/mol. The van der Waals surface area contributed by atoms with Gasteiger partial charge in [-0.15, -0.1) is 11.3 Å². The van der Waals surface area contributed by atoms with Gasteiger partial charge in [-0.1, -0.05) is 63.2 Å². The third-order valence-corrected chi connectivity index (χ3v) is 12.3. The van der Waals surface area contributed by atoms with Gasteiger partial charge in [0.05, 0.1) is 54.7 Å². The summed E-state index contributed by atoms with van der Waals surface area (Å²) in [6.07, 6.45) is 5.12. The average Bonchev–Trinajstić information content (AvgIpc) is 3.93. The molecule has 0 spiro atoms. The highest BCUT2D eigenvalue weighted by molar-refractivity contribution is 7.13. The summed E-state index contributed by atoms with van der Waals surface area (Å²) >= 11 is 1.58. The minimum absolute atomic E-state index is 0.00324. The molecular weight excluding hydrogens is 767 g/mol. The molecule has 3 heterocycles. The summed E-state index contributed by atoms with van der Waals surface area (Å²) in [5.74, 6) is -1.47. The molecule has 0 unspecified atom stereocenters. The summed E-state index contributed by atoms with van der Waals surface area (Å²) in [5.41, 5.74) is 10.3. The Kier molecular flexibility index (Phi) is 14.8. The Balaban J connectivity index is 0.866. The van der Waals surface area contributed by atoms with Gasteiger partial charge in [0, 0.05) is 62.6 Å². The lowest BCUT2D eigenvalue weighted by molar-refractivity contribution is -0.146. The number of pyridine rings is 1. The summed E-state index contributed by atoms with van der Waals surface area (Å²) in [6, 6.07) is 15.3. The Morgan fingerprint density at radius 2 is 1.73 bits per heavy atom. The Bertz CT molecular complexity index is 2100. The van der Waals surface area contributed by atoms with E-state index in [1.54, 1.807) is 11.3 Å². The summed E-state index contributed by atoms with van der Waals surface area (Å²) in [7, 11) is 0. The second-order valence-corrected chi connectivity index (χ2v) is 17.6. The molecule has 2 aliphatic rings. The second kappa shape index (κ2) is 20.0. The van der Waals surface area contributed by atoms with E-state index in [0.29, 0.717) is 32.6 Å². The maximum atomic E-state index is 14.0. The van der Waals surface area contributed by atoms with Crippen molar-refractivity contribution in [2.24, 2.45) is 11.3 Å². The zero-order valence-electron chi connectivity index (χ0n) is 34.8. The predicted octanol–water partition coefficient (Wildman–Crippen LogP) is 6.02. The van der Waals surface area contributed by atoms with Crippen LogP contribution < -0.4 is 10.6 Å². The van der Waals surface area contributed by atoms with Crippen molar-refractivity contribution in [1.29, 1.82) is 0 Å². The molecule has 4 atom stereocenters. The highest BCUT2D eigenvalue weighted by Crippen LogP contribution is 2.37. The number of carbonyl (C=O) groups is 4. The van der Waals surface area contributed by atoms with Gasteiger partial charge in [0.25, 0.3) is 0 Å². The number of aromatic nitrogens is 2. The number of hydrogen-bond donors (Lipinski definition) is 3. The van der Waals surface area contributed by atoms with Gasteiger partial charge in [-0.25, -0.2) is 4.98 Å². The minimum atomic E-state index is -0.844. The largest absolute Gasteiger partial charge is 0.391 e. The molecule has 1 aliphatic carbocycles. The van der Waals surface area contributed by atoms with E-state index in [2.05, 4.69) is 44.9 Å². The number of aliphatic hydroxyl groups is 1. The molecule has 0 saturated carbocycles. The van der Waals surface area contributed by atoms with Gasteiger partial charge in [0.1, 0.15) is 11.8 Å². The molecule has 13 heteroatoms. The number of carbonyl (C=O) groups excluding carboxylic acids is 4. The fourth-order valence-electron chi connectivity index (χ4n) is 7.85. The van der Waals surface area contributed by atoms with Crippen molar-refractivity contribution in [3.05, 3.63) is 94.4 Å². The van der Waals surface area contributed by atoms with E-state index in [1.165, 1.54) is 27.2 Å². The zero-order chi connectivity index (χ0) is 42.1. The first kappa shape index (κ1) is 43.8. The SMILES string of the molecule is Cc1ncsc1-c1ccc([C@H](C)NC(=O)[C@@H]2C[C@@H](O)CN2C(=O)[C@@H](CC(=O)CCOCCOCCNC(=O)CCc2ccc3c(c2)Cc2ccncc2-3)C(C)(C)C)cc1. The normalized spacial score (nSPS) is 16.9. The third kappa shape index (κ3) is 11.5. The van der Waals surface area contributed by atoms with Crippen LogP contribution in [0.5, 0.6) is 0 Å². The quantitative estimate of drug-likeness (QED) is 0.0848. The number of nitrogens with zero attached hydrogens (tertiary/aromatic N) is 3. The van der Waals surface area contributed by atoms with E-state index in [-0.39, 0.29) is 68.6 Å². The number of rotatable bonds is 19. The molecule has 59 heavy (non-hydrogen) atoms. The van der Waals surface area contributed by atoms with E-state index in [0.717, 1.165) is 33.7 Å². The fourth-order valence-corrected chi connectivity index (χ4v) is 8.66. The van der Waals surface area contributed by atoms with Crippen molar-refractivity contribution in [3.63, 3.8) is 0 Å². The van der Waals surface area contributed by atoms with Crippen molar-refractivity contribution in [1.82, 2.24) is 25.5 Å². The van der Waals surface area contributed by atoms with Crippen molar-refractivity contribution in [2.75, 3.05) is 39.5 Å². The van der Waals surface area contributed by atoms with Crippen LogP contribution in [0.2, 0.25) is 0 Å². The minimum Gasteiger partial charge on any atom is -0.391 e. The maximum absolute atomic E-state index is 14.0. The molecule has 12 nitrogen and oxygen atoms in total. The molecule has 1 saturated heterocycles. The first-order valence-corrected chi connectivity index (χ1v) is 21.4. The number of β-amino-alcohol motifs (C(OH)–C–C–N with tert-alkyl or cyclic N) is 1. The number of aliphatic hydroxyl groups excluding tert-OH is 1. The molecule has 3 N–H and O–H groups in total. The lowest BCUT2D eigenvalue weighted by atomic mass is 9.76. The van der Waals surface area contributed by atoms with Crippen LogP contribution in [0.3, 0.4) is 0 Å². The van der Waals surface area contributed by atoms with Gasteiger partial charge in [0.2, 0.25) is 17.7 Å². The van der Waals surface area contributed by atoms with Crippen LogP contribution in [0.1, 0.15) is 87.4 Å². The van der Waals surface area contributed by atoms with Crippen molar-refractivity contribution in [2.45, 2.75) is 91.3 Å². The number of ketones is 1. The predicted molar refractivity (Wildman–Crippen MR) is 228 cm³/mol. The number of thiazole rings is 1. The van der Waals surface area contributed by atoms with E-state index in [1.807, 2.05) is 76.8 Å². The first-order chi connectivity index (χ1) is 28.3. The smallest absolute Gasteiger partial charge is 0.243 e. The van der Waals surface area contributed by atoms with Crippen LogP contribution in [0.4, 0.5) is 0 Å². The lowest BCUT2D eigenvalue weighted by Crippen LogP contribution is -2.50. The van der Waals surface area contributed by atoms with Gasteiger partial charge >= 0.3 is 0 Å². The summed E-state index contributed by atoms with van der Waals surface area (Å²) < 4.78 is 11.3. The number of nitrogens with one attached hydrogen (secondary N) is 2. The van der Waals surface area contributed by atoms with Crippen molar-refractivity contribution >= 4 is 34.8 Å². The maximum Gasteiger partial charge on any atom is 0.243 e. The summed E-state index contributed by atoms with van der Waals surface area (Å²) in [5, 5.41) is 16.5. The number of fused-ring (bicyclic) bond motifs is 3. The van der Waals surface area contributed by atoms with Gasteiger partial charge in [-0.3, -0.25) is 24.2 Å². The second-order valence-electron chi connectivity index (χ2n) is 16.7. The standard InChI is InChI=1S/C46H57N5O7S/c1-29(32-8-10-33(11-9-32)43-30(2)49-28-59-43)50-44(55)41-25-37(53)27-51(41)45(56)40(46(3,4)5)24-36(52)15-18-57-20-21-58-19-17-48-42(54)13-7-31-6-12-38-35(22-31)23-34-14-16-47-26-39(34)38/h6,8-12,14,16,22,26,28-29,37,40-41,53H,7,13,15,17-21,23-25,27H2,1-5H3,(H,48,54)(H,50,55)/t29-,37+,40+,41-/m0/s1. The number of ether oxygens (including phenoxy) is 2. The van der Waals surface area contributed by atoms with Crippen LogP contribution in [0, 0.1) is 18.3 Å². The molecule has 314 valence electrons. The third-order valence-electron chi connectivity index (χ3n) is 11.3. The van der Waals surface area contributed by atoms with E-state index < -0.39 is 23.5 Å². The molecule has 1 fully saturated rings. The van der Waals surface area contributed by atoms with Crippen molar-refractivity contribution in [3.8, 4) is 21.6 Å². The van der Waals surface area contributed by atoms with Crippen LogP contribution in [0.15, 0.2) is 66.4 Å². The van der Waals surface area contributed by atoms with Crippen LogP contribution >= 0.6 is 11.3 Å². The van der Waals surface area contributed by atoms with Crippen LogP contribution in [0.25, 0.3) is 21.6 Å². The zero-order valence-corrected chi connectivity index (χ0v) is 35.6. The Morgan fingerprint density at radius 1 is 0.966 bits per heavy atom. The molecular formula is C46H57N5O7S. The molecule has 2 aromatic carbocycles. The number of hydrogen-bond acceptors (Lipinski definition) is 10. The fraction of sp³-hybridized carbons (Fsp3) is 0.478. The number of likely N-dealkylation sites (tertiary alicyclic amines) is 1. The molecule has 6 rings (SSSR count). The van der Waals surface area contributed by atoms with E-state index in [9.17, 15) is 24.3 Å². The Labute approximate surface area is 351 Å². The Hall–Kier alpha value is -4.82. The number of aryl methyl sites for hydroxylation is 2. The topological polar surface area (TPSA) is 160 Å².